The molecule has 0 heterocycles. The van der Waals surface area contributed by atoms with Gasteiger partial charge in [-0.1, -0.05) is 34.8 Å². The lowest BCUT2D eigenvalue weighted by Gasteiger charge is -2.10. The van der Waals surface area contributed by atoms with Crippen LogP contribution in [0.2, 0.25) is 10.0 Å². The minimum absolute atomic E-state index is 0.135. The number of benzene rings is 1. The molecule has 0 radical (unpaired) electrons. The molecule has 0 N–H and O–H groups in total. The molecule has 116 valence electrons. The van der Waals surface area contributed by atoms with E-state index < -0.39 is 16.8 Å². The van der Waals surface area contributed by atoms with Crippen LogP contribution in [0, 0.1) is 0 Å². The Labute approximate surface area is 143 Å². The van der Waals surface area contributed by atoms with E-state index in [-0.39, 0.29) is 25.8 Å². The first kappa shape index (κ1) is 17.5. The van der Waals surface area contributed by atoms with Crippen molar-refractivity contribution in [3.63, 3.8) is 0 Å². The monoisotopic (exact) mass is 395 g/mol. The lowest BCUT2D eigenvalue weighted by Crippen LogP contribution is -2.10. The third-order valence-electron chi connectivity index (χ3n) is 2.67. The van der Waals surface area contributed by atoms with Crippen LogP contribution in [-0.2, 0) is 0 Å². The van der Waals surface area contributed by atoms with Crippen molar-refractivity contribution >= 4 is 69.0 Å². The number of alkyl halides is 4. The molecule has 0 aliphatic heterocycles. The summed E-state index contributed by atoms with van der Waals surface area (Å²) in [4.78, 5) is 3.68. The molecule has 0 aromatic heterocycles. The van der Waals surface area contributed by atoms with Crippen LogP contribution in [-0.4, -0.2) is 22.0 Å². The number of halogens is 7. The SMILES string of the molecule is FC(F)(F)CSc1cc(N=C(Cl)C2(Cl)CC2)c(Cl)cc1Cl. The molecule has 1 nitrogen and oxygen atoms in total. The summed E-state index contributed by atoms with van der Waals surface area (Å²) in [5, 5.41) is 0.520. The summed E-state index contributed by atoms with van der Waals surface area (Å²) in [5.41, 5.74) is 0.252. The minimum Gasteiger partial charge on any atom is -0.238 e. The van der Waals surface area contributed by atoms with E-state index in [1.807, 2.05) is 0 Å². The number of aliphatic imine (C=N–C) groups is 1. The Morgan fingerprint density at radius 1 is 1.24 bits per heavy atom. The zero-order valence-corrected chi connectivity index (χ0v) is 14.1. The van der Waals surface area contributed by atoms with Gasteiger partial charge in [-0.2, -0.15) is 13.2 Å². The second-order valence-electron chi connectivity index (χ2n) is 4.51. The van der Waals surface area contributed by atoms with Gasteiger partial charge in [-0.25, -0.2) is 4.99 Å². The van der Waals surface area contributed by atoms with Crippen LogP contribution in [0.4, 0.5) is 18.9 Å². The summed E-state index contributed by atoms with van der Waals surface area (Å²) in [6.45, 7) is 0. The minimum atomic E-state index is -4.29. The molecule has 0 amide bonds. The number of nitrogens with zero attached hydrogens (tertiary/aromatic N) is 1. The van der Waals surface area contributed by atoms with E-state index in [1.165, 1.54) is 12.1 Å². The van der Waals surface area contributed by atoms with Gasteiger partial charge >= 0.3 is 6.18 Å². The van der Waals surface area contributed by atoms with E-state index in [1.54, 1.807) is 0 Å². The summed E-state index contributed by atoms with van der Waals surface area (Å²) < 4.78 is 36.8. The van der Waals surface area contributed by atoms with Crippen molar-refractivity contribution < 1.29 is 13.2 Å². The molecule has 21 heavy (non-hydrogen) atoms. The Hall–Kier alpha value is 0.190. The average Bonchev–Trinajstić information content (AvgIpc) is 3.09. The van der Waals surface area contributed by atoms with Crippen molar-refractivity contribution in [2.45, 2.75) is 28.8 Å². The van der Waals surface area contributed by atoms with E-state index in [9.17, 15) is 13.2 Å². The molecule has 0 unspecified atom stereocenters. The van der Waals surface area contributed by atoms with Gasteiger partial charge in [0.2, 0.25) is 0 Å². The van der Waals surface area contributed by atoms with E-state index in [2.05, 4.69) is 4.99 Å². The molecule has 1 aliphatic carbocycles. The van der Waals surface area contributed by atoms with Gasteiger partial charge in [0, 0.05) is 4.90 Å². The third-order valence-corrected chi connectivity index (χ3v) is 5.62. The second-order valence-corrected chi connectivity index (χ2v) is 7.42. The topological polar surface area (TPSA) is 12.4 Å². The Bertz CT molecular complexity index is 585. The molecule has 9 heteroatoms. The summed E-state index contributed by atoms with van der Waals surface area (Å²) in [6.07, 6.45) is -2.88. The zero-order chi connectivity index (χ0) is 15.8. The highest BCUT2D eigenvalue weighted by Crippen LogP contribution is 2.46. The normalized spacial score (nSPS) is 18.0. The van der Waals surface area contributed by atoms with Crippen molar-refractivity contribution in [1.29, 1.82) is 0 Å². The maximum atomic E-state index is 12.3. The van der Waals surface area contributed by atoms with Gasteiger partial charge in [-0.05, 0) is 25.0 Å². The second kappa shape index (κ2) is 6.36. The molecule has 1 aromatic rings. The smallest absolute Gasteiger partial charge is 0.238 e. The highest BCUT2D eigenvalue weighted by atomic mass is 35.5. The molecule has 1 saturated carbocycles. The predicted molar refractivity (Wildman–Crippen MR) is 84.0 cm³/mol. The van der Waals surface area contributed by atoms with E-state index >= 15 is 0 Å². The van der Waals surface area contributed by atoms with Gasteiger partial charge in [0.1, 0.15) is 5.17 Å². The van der Waals surface area contributed by atoms with E-state index in [4.69, 9.17) is 46.4 Å². The predicted octanol–water partition coefficient (Wildman–Crippen LogP) is 6.69. The van der Waals surface area contributed by atoms with Crippen molar-refractivity contribution in [1.82, 2.24) is 0 Å². The molecule has 0 bridgehead atoms. The van der Waals surface area contributed by atoms with Crippen molar-refractivity contribution in [2.24, 2.45) is 4.99 Å². The van der Waals surface area contributed by atoms with Crippen LogP contribution >= 0.6 is 58.2 Å². The Balaban J connectivity index is 2.26. The summed E-state index contributed by atoms with van der Waals surface area (Å²) in [5.74, 6) is -1.05. The van der Waals surface area contributed by atoms with Gasteiger partial charge < -0.3 is 0 Å². The maximum Gasteiger partial charge on any atom is 0.398 e. The standard InChI is InChI=1S/C12H8Cl4F3NS/c13-6-3-7(14)9(21-5-12(17,18)19)4-8(6)20-10(15)11(16)1-2-11/h3-4H,1-2,5H2. The Kier molecular flexibility index (Phi) is 5.31. The van der Waals surface area contributed by atoms with Crippen LogP contribution in [0.3, 0.4) is 0 Å². The maximum absolute atomic E-state index is 12.3. The van der Waals surface area contributed by atoms with E-state index in [0.29, 0.717) is 24.6 Å². The fourth-order valence-corrected chi connectivity index (χ4v) is 3.11. The van der Waals surface area contributed by atoms with Gasteiger partial charge in [0.25, 0.3) is 0 Å². The summed E-state index contributed by atoms with van der Waals surface area (Å²) >= 11 is 24.5. The van der Waals surface area contributed by atoms with Gasteiger partial charge in [-0.15, -0.1) is 23.4 Å². The average molecular weight is 397 g/mol. The highest BCUT2D eigenvalue weighted by molar-refractivity contribution is 7.99. The molecule has 2 rings (SSSR count). The lowest BCUT2D eigenvalue weighted by atomic mass is 10.3. The van der Waals surface area contributed by atoms with Crippen LogP contribution < -0.4 is 0 Å². The number of rotatable bonds is 4. The molecule has 0 saturated heterocycles. The molecular formula is C12H8Cl4F3NS. The van der Waals surface area contributed by atoms with Gasteiger partial charge in [0.05, 0.1) is 26.4 Å². The van der Waals surface area contributed by atoms with Gasteiger partial charge in [0.15, 0.2) is 0 Å². The summed E-state index contributed by atoms with van der Waals surface area (Å²) in [6, 6.07) is 2.73. The Morgan fingerprint density at radius 3 is 2.38 bits per heavy atom. The molecule has 1 aliphatic rings. The van der Waals surface area contributed by atoms with Crippen molar-refractivity contribution in [3.05, 3.63) is 22.2 Å². The zero-order valence-electron chi connectivity index (χ0n) is 10.3. The quantitative estimate of drug-likeness (QED) is 0.313. The van der Waals surface area contributed by atoms with E-state index in [0.717, 1.165) is 0 Å². The molecule has 0 atom stereocenters. The van der Waals surface area contributed by atoms with Crippen LogP contribution in [0.1, 0.15) is 12.8 Å². The fourth-order valence-electron chi connectivity index (χ4n) is 1.40. The first-order chi connectivity index (χ1) is 9.61. The number of thioether (sulfide) groups is 1. The lowest BCUT2D eigenvalue weighted by molar-refractivity contribution is -0.105. The van der Waals surface area contributed by atoms with Crippen LogP contribution in [0.15, 0.2) is 22.0 Å². The molecule has 0 spiro atoms. The van der Waals surface area contributed by atoms with Crippen LogP contribution in [0.25, 0.3) is 0 Å². The molecular weight excluding hydrogens is 389 g/mol. The number of hydrogen-bond acceptors (Lipinski definition) is 2. The largest absolute Gasteiger partial charge is 0.398 e. The van der Waals surface area contributed by atoms with Crippen molar-refractivity contribution in [2.75, 3.05) is 5.75 Å². The molecule has 1 aromatic carbocycles. The first-order valence-electron chi connectivity index (χ1n) is 5.73. The first-order valence-corrected chi connectivity index (χ1v) is 8.23. The fraction of sp³-hybridized carbons (Fsp3) is 0.417. The van der Waals surface area contributed by atoms with Gasteiger partial charge in [-0.3, -0.25) is 0 Å². The van der Waals surface area contributed by atoms with Crippen molar-refractivity contribution in [3.8, 4) is 0 Å². The summed E-state index contributed by atoms with van der Waals surface area (Å²) in [7, 11) is 0. The molecule has 1 fully saturated rings. The third kappa shape index (κ3) is 4.83. The van der Waals surface area contributed by atoms with Crippen LogP contribution in [0.5, 0.6) is 0 Å². The Morgan fingerprint density at radius 2 is 1.86 bits per heavy atom. The number of hydrogen-bond donors (Lipinski definition) is 0. The highest BCUT2D eigenvalue weighted by Gasteiger charge is 2.45.